The molecule has 0 radical (unpaired) electrons. The summed E-state index contributed by atoms with van der Waals surface area (Å²) in [6.07, 6.45) is 0. The predicted octanol–water partition coefficient (Wildman–Crippen LogP) is 4.43. The lowest BCUT2D eigenvalue weighted by Crippen LogP contribution is -2.14. The van der Waals surface area contributed by atoms with Crippen LogP contribution in [-0.2, 0) is 10.0 Å². The second-order valence-corrected chi connectivity index (χ2v) is 8.75. The first-order valence-corrected chi connectivity index (χ1v) is 10.2. The Morgan fingerprint density at radius 1 is 1.00 bits per heavy atom. The number of anilines is 1. The third-order valence-corrected chi connectivity index (χ3v) is 6.50. The van der Waals surface area contributed by atoms with E-state index in [-0.39, 0.29) is 4.90 Å². The van der Waals surface area contributed by atoms with E-state index in [1.165, 1.54) is 0 Å². The molecule has 1 heterocycles. The van der Waals surface area contributed by atoms with Crippen LogP contribution in [0.3, 0.4) is 0 Å². The van der Waals surface area contributed by atoms with E-state index in [1.807, 2.05) is 31.2 Å². The summed E-state index contributed by atoms with van der Waals surface area (Å²) in [4.78, 5) is 11.5. The Kier molecular flexibility index (Phi) is 3.86. The van der Waals surface area contributed by atoms with Gasteiger partial charge in [-0.1, -0.05) is 53.3 Å². The Labute approximate surface area is 153 Å². The van der Waals surface area contributed by atoms with Crippen LogP contribution in [0.2, 0.25) is 0 Å². The summed E-state index contributed by atoms with van der Waals surface area (Å²) in [7, 11) is -3.77. The molecule has 0 aliphatic rings. The van der Waals surface area contributed by atoms with E-state index in [0.717, 1.165) is 16.9 Å². The van der Waals surface area contributed by atoms with Gasteiger partial charge in [0.15, 0.2) is 5.58 Å². The molecule has 4 aromatic rings. The Morgan fingerprint density at radius 2 is 1.73 bits per heavy atom. The van der Waals surface area contributed by atoms with Gasteiger partial charge in [-0.05, 0) is 31.5 Å². The van der Waals surface area contributed by atoms with Crippen molar-refractivity contribution in [2.45, 2.75) is 18.7 Å². The zero-order valence-electron chi connectivity index (χ0n) is 14.1. The molecule has 0 unspecified atom stereocenters. The van der Waals surface area contributed by atoms with Gasteiger partial charge in [-0.25, -0.2) is 13.2 Å². The van der Waals surface area contributed by atoms with Gasteiger partial charge >= 0.3 is 4.94 Å². The van der Waals surface area contributed by atoms with Crippen molar-refractivity contribution in [2.24, 2.45) is 0 Å². The Hall–Kier alpha value is -2.64. The molecule has 0 spiro atoms. The van der Waals surface area contributed by atoms with E-state index in [1.54, 1.807) is 31.2 Å². The summed E-state index contributed by atoms with van der Waals surface area (Å²) in [5, 5.41) is 1.37. The largest absolute Gasteiger partial charge is 0.413 e. The van der Waals surface area contributed by atoms with Crippen LogP contribution >= 0.6 is 11.3 Å². The molecule has 0 fully saturated rings. The lowest BCUT2D eigenvalue weighted by atomic mass is 10.1. The molecular weight excluding hydrogens is 370 g/mol. The van der Waals surface area contributed by atoms with Crippen LogP contribution in [0.1, 0.15) is 11.1 Å². The van der Waals surface area contributed by atoms with Crippen LogP contribution in [0.5, 0.6) is 0 Å². The van der Waals surface area contributed by atoms with Gasteiger partial charge in [0.25, 0.3) is 10.0 Å². The fourth-order valence-electron chi connectivity index (χ4n) is 3.08. The summed E-state index contributed by atoms with van der Waals surface area (Å²) in [5.41, 5.74) is 2.57. The molecule has 26 heavy (non-hydrogen) atoms. The van der Waals surface area contributed by atoms with Crippen molar-refractivity contribution in [1.82, 2.24) is 0 Å². The highest BCUT2D eigenvalue weighted by molar-refractivity contribution is 7.92. The third kappa shape index (κ3) is 2.79. The van der Waals surface area contributed by atoms with Gasteiger partial charge in [-0.3, -0.25) is 4.72 Å². The number of hydrogen-bond donors (Lipinski definition) is 1. The summed E-state index contributed by atoms with van der Waals surface area (Å²) in [5.74, 6) is 0. The quantitative estimate of drug-likeness (QED) is 0.566. The Bertz CT molecular complexity index is 1320. The van der Waals surface area contributed by atoms with Crippen LogP contribution in [0.4, 0.5) is 5.69 Å². The van der Waals surface area contributed by atoms with Crippen LogP contribution in [0.15, 0.2) is 62.6 Å². The van der Waals surface area contributed by atoms with Gasteiger partial charge in [0.1, 0.15) is 0 Å². The number of nitrogens with one attached hydrogen (secondary N) is 1. The van der Waals surface area contributed by atoms with Gasteiger partial charge in [0.05, 0.1) is 15.3 Å². The van der Waals surface area contributed by atoms with Crippen molar-refractivity contribution in [3.63, 3.8) is 0 Å². The molecule has 3 aromatic carbocycles. The van der Waals surface area contributed by atoms with Crippen molar-refractivity contribution in [2.75, 3.05) is 4.72 Å². The number of hydrogen-bond acceptors (Lipinski definition) is 5. The molecule has 7 heteroatoms. The number of aryl methyl sites for hydroxylation is 2. The molecule has 1 aromatic heterocycles. The summed E-state index contributed by atoms with van der Waals surface area (Å²) in [6, 6.07) is 14.1. The molecule has 0 aliphatic carbocycles. The van der Waals surface area contributed by atoms with Crippen LogP contribution in [-0.4, -0.2) is 8.42 Å². The highest BCUT2D eigenvalue weighted by atomic mass is 32.2. The lowest BCUT2D eigenvalue weighted by molar-refractivity contribution is 0.588. The number of sulfonamides is 1. The minimum Gasteiger partial charge on any atom is -0.413 e. The smallest absolute Gasteiger partial charge is 0.396 e. The van der Waals surface area contributed by atoms with E-state index in [4.69, 9.17) is 4.42 Å². The number of fused-ring (bicyclic) bond motifs is 3. The zero-order chi connectivity index (χ0) is 18.5. The SMILES string of the molecule is Cc1ccc(S(=O)(=O)Nc2cc3sc(=O)oc3c3ccccc23)c(C)c1. The molecule has 0 atom stereocenters. The fraction of sp³-hybridized carbons (Fsp3) is 0.105. The van der Waals surface area contributed by atoms with E-state index >= 15 is 0 Å². The van der Waals surface area contributed by atoms with Crippen molar-refractivity contribution in [1.29, 1.82) is 0 Å². The highest BCUT2D eigenvalue weighted by Gasteiger charge is 2.20. The molecule has 0 saturated carbocycles. The molecule has 132 valence electrons. The molecule has 5 nitrogen and oxygen atoms in total. The van der Waals surface area contributed by atoms with Gasteiger partial charge in [-0.2, -0.15) is 0 Å². The van der Waals surface area contributed by atoms with E-state index in [2.05, 4.69) is 4.72 Å². The van der Waals surface area contributed by atoms with Crippen molar-refractivity contribution < 1.29 is 12.8 Å². The van der Waals surface area contributed by atoms with Crippen LogP contribution in [0.25, 0.3) is 21.1 Å². The minimum atomic E-state index is -3.77. The summed E-state index contributed by atoms with van der Waals surface area (Å²) < 4.78 is 34.4. The van der Waals surface area contributed by atoms with Crippen LogP contribution in [0, 0.1) is 13.8 Å². The molecule has 0 bridgehead atoms. The first-order valence-electron chi connectivity index (χ1n) is 7.90. The third-order valence-electron chi connectivity index (χ3n) is 4.20. The maximum absolute atomic E-state index is 12.9. The van der Waals surface area contributed by atoms with Gasteiger partial charge in [0, 0.05) is 10.8 Å². The monoisotopic (exact) mass is 385 g/mol. The second kappa shape index (κ2) is 5.96. The van der Waals surface area contributed by atoms with Crippen molar-refractivity contribution in [3.05, 3.63) is 69.4 Å². The average Bonchev–Trinajstić information content (AvgIpc) is 2.95. The Morgan fingerprint density at radius 3 is 2.46 bits per heavy atom. The maximum Gasteiger partial charge on any atom is 0.396 e. The van der Waals surface area contributed by atoms with Gasteiger partial charge in [-0.15, -0.1) is 0 Å². The molecule has 0 amide bonds. The van der Waals surface area contributed by atoms with E-state index in [9.17, 15) is 13.2 Å². The Balaban J connectivity index is 1.92. The van der Waals surface area contributed by atoms with Gasteiger partial charge in [0.2, 0.25) is 0 Å². The number of benzene rings is 3. The van der Waals surface area contributed by atoms with Crippen molar-refractivity contribution in [3.8, 4) is 0 Å². The standard InChI is InChI=1S/C19H15NO4S2/c1-11-7-8-17(12(2)9-11)26(22,23)20-15-10-16-18(24-19(21)25-16)14-6-4-3-5-13(14)15/h3-10,20H,1-2H3. The van der Waals surface area contributed by atoms with E-state index < -0.39 is 15.0 Å². The normalized spacial score (nSPS) is 11.9. The average molecular weight is 385 g/mol. The highest BCUT2D eigenvalue weighted by Crippen LogP contribution is 2.34. The van der Waals surface area contributed by atoms with E-state index in [0.29, 0.717) is 32.3 Å². The molecule has 0 saturated heterocycles. The zero-order valence-corrected chi connectivity index (χ0v) is 15.7. The number of rotatable bonds is 3. The first-order chi connectivity index (χ1) is 12.3. The molecule has 1 N–H and O–H groups in total. The molecule has 0 aliphatic heterocycles. The summed E-state index contributed by atoms with van der Waals surface area (Å²) in [6.45, 7) is 3.68. The maximum atomic E-state index is 12.9. The fourth-order valence-corrected chi connectivity index (χ4v) is 5.11. The van der Waals surface area contributed by atoms with Crippen molar-refractivity contribution >= 4 is 48.1 Å². The lowest BCUT2D eigenvalue weighted by Gasteiger charge is -2.13. The molecular formula is C19H15NO4S2. The molecule has 4 rings (SSSR count). The minimum absolute atomic E-state index is 0.229. The van der Waals surface area contributed by atoms with Crippen LogP contribution < -0.4 is 9.66 Å². The first kappa shape index (κ1) is 16.8. The summed E-state index contributed by atoms with van der Waals surface area (Å²) >= 11 is 0.951. The van der Waals surface area contributed by atoms with Gasteiger partial charge < -0.3 is 4.42 Å². The second-order valence-electron chi connectivity index (χ2n) is 6.13. The predicted molar refractivity (Wildman–Crippen MR) is 105 cm³/mol. The topological polar surface area (TPSA) is 76.4 Å².